The second-order valence-electron chi connectivity index (χ2n) is 4.93. The highest BCUT2D eigenvalue weighted by Crippen LogP contribution is 2.20. The first-order valence-corrected chi connectivity index (χ1v) is 7.14. The maximum atomic E-state index is 11.1. The summed E-state index contributed by atoms with van der Waals surface area (Å²) >= 11 is 0. The number of carbonyl (C=O) groups excluding carboxylic acids is 1. The Labute approximate surface area is 116 Å². The number of aliphatic hydroxyl groups is 1. The largest absolute Gasteiger partial charge is 0.388 e. The van der Waals surface area contributed by atoms with Crippen molar-refractivity contribution in [3.8, 4) is 0 Å². The molecule has 0 saturated heterocycles. The maximum absolute atomic E-state index is 11.1. The van der Waals surface area contributed by atoms with E-state index in [1.807, 2.05) is 12.1 Å². The molecule has 0 bridgehead atoms. The molecule has 0 fully saturated rings. The summed E-state index contributed by atoms with van der Waals surface area (Å²) in [4.78, 5) is 11.1. The van der Waals surface area contributed by atoms with Gasteiger partial charge >= 0.3 is 0 Å². The van der Waals surface area contributed by atoms with Crippen LogP contribution in [0.2, 0.25) is 0 Å². The molecule has 0 radical (unpaired) electrons. The number of rotatable bonds is 8. The van der Waals surface area contributed by atoms with Crippen molar-refractivity contribution in [3.63, 3.8) is 0 Å². The predicted octanol–water partition coefficient (Wildman–Crippen LogP) is 2.98. The van der Waals surface area contributed by atoms with Crippen molar-refractivity contribution in [1.29, 1.82) is 0 Å². The molecule has 1 amide bonds. The van der Waals surface area contributed by atoms with Gasteiger partial charge in [0.15, 0.2) is 0 Å². The molecule has 0 aliphatic heterocycles. The van der Waals surface area contributed by atoms with Gasteiger partial charge in [-0.05, 0) is 36.8 Å². The van der Waals surface area contributed by atoms with Gasteiger partial charge in [0.25, 0.3) is 0 Å². The van der Waals surface area contributed by atoms with Crippen LogP contribution < -0.4 is 5.32 Å². The third kappa shape index (κ3) is 5.88. The van der Waals surface area contributed by atoms with Gasteiger partial charge in [0.1, 0.15) is 0 Å². The molecule has 0 aliphatic rings. The molecule has 0 aliphatic carbocycles. The zero-order valence-electron chi connectivity index (χ0n) is 12.0. The van der Waals surface area contributed by atoms with Crippen LogP contribution in [0, 0.1) is 0 Å². The quantitative estimate of drug-likeness (QED) is 0.708. The average Bonchev–Trinajstić information content (AvgIpc) is 2.44. The summed E-state index contributed by atoms with van der Waals surface area (Å²) in [5.41, 5.74) is 2.25. The Morgan fingerprint density at radius 3 is 2.84 bits per heavy atom. The number of amides is 1. The normalized spacial score (nSPS) is 12.2. The number of benzene rings is 1. The molecule has 0 spiro atoms. The third-order valence-corrected chi connectivity index (χ3v) is 3.30. The molecule has 3 heteroatoms. The second-order valence-corrected chi connectivity index (χ2v) is 4.93. The van der Waals surface area contributed by atoms with Gasteiger partial charge in [-0.3, -0.25) is 4.79 Å². The molecular weight excluding hydrogens is 238 g/mol. The summed E-state index contributed by atoms with van der Waals surface area (Å²) in [6, 6.07) is 8.15. The molecule has 19 heavy (non-hydrogen) atoms. The Hall–Kier alpha value is -1.35. The van der Waals surface area contributed by atoms with E-state index in [9.17, 15) is 9.90 Å². The van der Waals surface area contributed by atoms with Crippen LogP contribution in [0.3, 0.4) is 0 Å². The SMILES string of the molecule is CCCC(O)c1cccc(CCCCC(=O)NC)c1. The molecule has 106 valence electrons. The predicted molar refractivity (Wildman–Crippen MR) is 77.9 cm³/mol. The second kappa shape index (κ2) is 8.70. The van der Waals surface area contributed by atoms with Crippen molar-refractivity contribution in [1.82, 2.24) is 5.32 Å². The lowest BCUT2D eigenvalue weighted by atomic mass is 10.00. The zero-order valence-corrected chi connectivity index (χ0v) is 12.0. The van der Waals surface area contributed by atoms with Crippen molar-refractivity contribution in [2.75, 3.05) is 7.05 Å². The Bertz CT molecular complexity index is 390. The lowest BCUT2D eigenvalue weighted by molar-refractivity contribution is -0.120. The van der Waals surface area contributed by atoms with Crippen LogP contribution in [0.25, 0.3) is 0 Å². The molecule has 2 N–H and O–H groups in total. The van der Waals surface area contributed by atoms with Gasteiger partial charge in [-0.1, -0.05) is 37.6 Å². The monoisotopic (exact) mass is 263 g/mol. The molecule has 1 atom stereocenters. The zero-order chi connectivity index (χ0) is 14.1. The van der Waals surface area contributed by atoms with E-state index in [-0.39, 0.29) is 12.0 Å². The number of hydrogen-bond acceptors (Lipinski definition) is 2. The molecular formula is C16H25NO2. The van der Waals surface area contributed by atoms with Crippen molar-refractivity contribution in [2.45, 2.75) is 51.6 Å². The first-order chi connectivity index (χ1) is 9.17. The van der Waals surface area contributed by atoms with E-state index in [2.05, 4.69) is 24.4 Å². The van der Waals surface area contributed by atoms with E-state index in [1.54, 1.807) is 7.05 Å². The smallest absolute Gasteiger partial charge is 0.219 e. The Morgan fingerprint density at radius 1 is 1.37 bits per heavy atom. The first kappa shape index (κ1) is 15.7. The molecule has 1 unspecified atom stereocenters. The standard InChI is InChI=1S/C16H25NO2/c1-3-7-15(18)14-10-6-9-13(12-14)8-4-5-11-16(19)17-2/h6,9-10,12,15,18H,3-5,7-8,11H2,1-2H3,(H,17,19). The van der Waals surface area contributed by atoms with E-state index in [0.717, 1.165) is 37.7 Å². The van der Waals surface area contributed by atoms with Crippen molar-refractivity contribution in [3.05, 3.63) is 35.4 Å². The van der Waals surface area contributed by atoms with Crippen LogP contribution in [-0.2, 0) is 11.2 Å². The van der Waals surface area contributed by atoms with Crippen molar-refractivity contribution >= 4 is 5.91 Å². The summed E-state index contributed by atoms with van der Waals surface area (Å²) in [5.74, 6) is 0.104. The Kier molecular flexibility index (Phi) is 7.19. The molecule has 0 heterocycles. The topological polar surface area (TPSA) is 49.3 Å². The average molecular weight is 263 g/mol. The van der Waals surface area contributed by atoms with Gasteiger partial charge in [-0.2, -0.15) is 0 Å². The minimum Gasteiger partial charge on any atom is -0.388 e. The fraction of sp³-hybridized carbons (Fsp3) is 0.562. The van der Waals surface area contributed by atoms with Gasteiger partial charge in [-0.25, -0.2) is 0 Å². The van der Waals surface area contributed by atoms with Gasteiger partial charge in [0.05, 0.1) is 6.10 Å². The highest BCUT2D eigenvalue weighted by Gasteiger charge is 2.06. The number of aryl methyl sites for hydroxylation is 1. The van der Waals surface area contributed by atoms with Gasteiger partial charge in [0.2, 0.25) is 5.91 Å². The van der Waals surface area contributed by atoms with Crippen LogP contribution in [0.1, 0.15) is 56.3 Å². The molecule has 0 saturated carbocycles. The number of nitrogens with one attached hydrogen (secondary N) is 1. The Balaban J connectivity index is 2.42. The highest BCUT2D eigenvalue weighted by molar-refractivity contribution is 5.75. The van der Waals surface area contributed by atoms with E-state index < -0.39 is 0 Å². The van der Waals surface area contributed by atoms with E-state index in [4.69, 9.17) is 0 Å². The number of aliphatic hydroxyl groups excluding tert-OH is 1. The third-order valence-electron chi connectivity index (χ3n) is 3.30. The van der Waals surface area contributed by atoms with E-state index in [1.165, 1.54) is 5.56 Å². The summed E-state index contributed by atoms with van der Waals surface area (Å²) in [6.45, 7) is 2.08. The molecule has 3 nitrogen and oxygen atoms in total. The minimum absolute atomic E-state index is 0.104. The lowest BCUT2D eigenvalue weighted by Crippen LogP contribution is -2.16. The lowest BCUT2D eigenvalue weighted by Gasteiger charge is -2.11. The van der Waals surface area contributed by atoms with Crippen molar-refractivity contribution < 1.29 is 9.90 Å². The van der Waals surface area contributed by atoms with Gasteiger partial charge in [-0.15, -0.1) is 0 Å². The number of hydrogen-bond donors (Lipinski definition) is 2. The van der Waals surface area contributed by atoms with Gasteiger partial charge in [0, 0.05) is 13.5 Å². The van der Waals surface area contributed by atoms with E-state index in [0.29, 0.717) is 6.42 Å². The fourth-order valence-corrected chi connectivity index (χ4v) is 2.14. The maximum Gasteiger partial charge on any atom is 0.219 e. The van der Waals surface area contributed by atoms with Crippen LogP contribution >= 0.6 is 0 Å². The summed E-state index contributed by atoms with van der Waals surface area (Å²) in [5, 5.41) is 12.6. The molecule has 1 aromatic carbocycles. The number of unbranched alkanes of at least 4 members (excludes halogenated alkanes) is 1. The molecule has 0 aromatic heterocycles. The summed E-state index contributed by atoms with van der Waals surface area (Å²) in [6.07, 6.45) is 4.90. The minimum atomic E-state index is -0.351. The Morgan fingerprint density at radius 2 is 2.16 bits per heavy atom. The van der Waals surface area contributed by atoms with Crippen molar-refractivity contribution in [2.24, 2.45) is 0 Å². The summed E-state index contributed by atoms with van der Waals surface area (Å²) < 4.78 is 0. The first-order valence-electron chi connectivity index (χ1n) is 7.14. The molecule has 1 rings (SSSR count). The highest BCUT2D eigenvalue weighted by atomic mass is 16.3. The van der Waals surface area contributed by atoms with Crippen LogP contribution in [-0.4, -0.2) is 18.1 Å². The van der Waals surface area contributed by atoms with Crippen LogP contribution in [0.4, 0.5) is 0 Å². The molecule has 1 aromatic rings. The number of carbonyl (C=O) groups is 1. The van der Waals surface area contributed by atoms with Gasteiger partial charge < -0.3 is 10.4 Å². The fourth-order valence-electron chi connectivity index (χ4n) is 2.14. The van der Waals surface area contributed by atoms with E-state index >= 15 is 0 Å². The van der Waals surface area contributed by atoms with Crippen LogP contribution in [0.5, 0.6) is 0 Å². The summed E-state index contributed by atoms with van der Waals surface area (Å²) in [7, 11) is 1.67. The van der Waals surface area contributed by atoms with Crippen LogP contribution in [0.15, 0.2) is 24.3 Å².